The fraction of sp³-hybridized carbons (Fsp3) is 0.185. The van der Waals surface area contributed by atoms with Crippen molar-refractivity contribution in [3.05, 3.63) is 88.8 Å². The number of fused-ring (bicyclic) bond motifs is 1. The van der Waals surface area contributed by atoms with Gasteiger partial charge < -0.3 is 14.2 Å². The summed E-state index contributed by atoms with van der Waals surface area (Å²) in [5, 5.41) is 7.49. The molecule has 0 spiro atoms. The maximum absolute atomic E-state index is 6.31. The number of nitrogens with one attached hydrogen (secondary N) is 1. The van der Waals surface area contributed by atoms with Gasteiger partial charge in [0.25, 0.3) is 0 Å². The lowest BCUT2D eigenvalue weighted by molar-refractivity contribution is 0.206. The number of aromatic nitrogens is 1. The van der Waals surface area contributed by atoms with Gasteiger partial charge in [0.05, 0.1) is 25.6 Å². The number of ether oxygens (including phenoxy) is 3. The SMILES string of the molecule is COc1ccc(-c2csc(N/N=C3\C[C@H](c4ccccc4)Oc4ccc(C)cc43)n2)cc1OC. The molecular formula is C27H25N3O3S. The average molecular weight is 472 g/mol. The van der Waals surface area contributed by atoms with Crippen molar-refractivity contribution >= 4 is 22.2 Å². The lowest BCUT2D eigenvalue weighted by Crippen LogP contribution is -2.22. The van der Waals surface area contributed by atoms with Gasteiger partial charge in [0, 0.05) is 22.9 Å². The summed E-state index contributed by atoms with van der Waals surface area (Å²) in [6, 6.07) is 22.2. The summed E-state index contributed by atoms with van der Waals surface area (Å²) < 4.78 is 17.1. The number of rotatable bonds is 6. The summed E-state index contributed by atoms with van der Waals surface area (Å²) in [6.07, 6.45) is 0.581. The summed E-state index contributed by atoms with van der Waals surface area (Å²) >= 11 is 1.51. The Morgan fingerprint density at radius 1 is 1.00 bits per heavy atom. The van der Waals surface area contributed by atoms with E-state index in [-0.39, 0.29) is 6.10 Å². The van der Waals surface area contributed by atoms with E-state index in [0.29, 0.717) is 23.1 Å². The number of anilines is 1. The quantitative estimate of drug-likeness (QED) is 0.326. The van der Waals surface area contributed by atoms with Crippen LogP contribution >= 0.6 is 11.3 Å². The standard InChI is InChI=1S/C27H25N3O3S/c1-17-9-11-23-20(13-17)21(15-25(33-23)18-7-5-4-6-8-18)29-30-27-28-22(16-34-27)19-10-12-24(31-2)26(14-19)32-3/h4-14,16,25H,15H2,1-3H3,(H,28,30)/b29-21+/t25-/m1/s1. The van der Waals surface area contributed by atoms with Crippen LogP contribution in [0, 0.1) is 6.92 Å². The van der Waals surface area contributed by atoms with Crippen LogP contribution in [0.4, 0.5) is 5.13 Å². The van der Waals surface area contributed by atoms with Crippen LogP contribution in [-0.2, 0) is 0 Å². The predicted molar refractivity (Wildman–Crippen MR) is 136 cm³/mol. The van der Waals surface area contributed by atoms with E-state index in [1.807, 2.05) is 47.8 Å². The molecule has 172 valence electrons. The van der Waals surface area contributed by atoms with E-state index in [9.17, 15) is 0 Å². The van der Waals surface area contributed by atoms with E-state index >= 15 is 0 Å². The van der Waals surface area contributed by atoms with Gasteiger partial charge >= 0.3 is 0 Å². The van der Waals surface area contributed by atoms with Gasteiger partial charge in [0.15, 0.2) is 11.5 Å². The van der Waals surface area contributed by atoms with E-state index < -0.39 is 0 Å². The number of aryl methyl sites for hydroxylation is 1. The zero-order chi connectivity index (χ0) is 23.5. The minimum Gasteiger partial charge on any atom is -0.493 e. The lowest BCUT2D eigenvalue weighted by atomic mass is 9.94. The molecule has 0 radical (unpaired) electrons. The molecule has 7 heteroatoms. The Labute approximate surface area is 202 Å². The van der Waals surface area contributed by atoms with Gasteiger partial charge in [0.1, 0.15) is 11.9 Å². The van der Waals surface area contributed by atoms with E-state index in [1.165, 1.54) is 11.3 Å². The van der Waals surface area contributed by atoms with Gasteiger partial charge in [0.2, 0.25) is 5.13 Å². The second-order valence-electron chi connectivity index (χ2n) is 8.00. The molecule has 1 aliphatic rings. The fourth-order valence-electron chi connectivity index (χ4n) is 3.98. The molecule has 1 N–H and O–H groups in total. The first kappa shape index (κ1) is 22.0. The number of hydrogen-bond acceptors (Lipinski definition) is 7. The highest BCUT2D eigenvalue weighted by Gasteiger charge is 2.26. The maximum Gasteiger partial charge on any atom is 0.203 e. The fourth-order valence-corrected chi connectivity index (χ4v) is 4.64. The predicted octanol–water partition coefficient (Wildman–Crippen LogP) is 6.48. The maximum atomic E-state index is 6.31. The zero-order valence-electron chi connectivity index (χ0n) is 19.2. The smallest absolute Gasteiger partial charge is 0.203 e. The molecule has 0 bridgehead atoms. The third-order valence-corrected chi connectivity index (χ3v) is 6.48. The first-order valence-electron chi connectivity index (χ1n) is 11.0. The van der Waals surface area contributed by atoms with Gasteiger partial charge in [-0.3, -0.25) is 5.43 Å². The van der Waals surface area contributed by atoms with Gasteiger partial charge in [-0.1, -0.05) is 42.0 Å². The molecule has 3 aromatic carbocycles. The molecule has 4 aromatic rings. The molecule has 6 nitrogen and oxygen atoms in total. The molecule has 0 amide bonds. The van der Waals surface area contributed by atoms with Crippen LogP contribution in [0.5, 0.6) is 17.2 Å². The highest BCUT2D eigenvalue weighted by atomic mass is 32.1. The van der Waals surface area contributed by atoms with Crippen LogP contribution in [0.2, 0.25) is 0 Å². The molecule has 0 aliphatic carbocycles. The van der Waals surface area contributed by atoms with Crippen molar-refractivity contribution in [2.24, 2.45) is 5.10 Å². The van der Waals surface area contributed by atoms with Crippen molar-refractivity contribution in [2.75, 3.05) is 19.6 Å². The van der Waals surface area contributed by atoms with Crippen molar-refractivity contribution in [2.45, 2.75) is 19.4 Å². The molecule has 1 aliphatic heterocycles. The topological polar surface area (TPSA) is 65.0 Å². The summed E-state index contributed by atoms with van der Waals surface area (Å²) in [4.78, 5) is 4.72. The molecule has 34 heavy (non-hydrogen) atoms. The van der Waals surface area contributed by atoms with Crippen LogP contribution < -0.4 is 19.6 Å². The monoisotopic (exact) mass is 471 g/mol. The number of thiazole rings is 1. The molecule has 5 rings (SSSR count). The third-order valence-electron chi connectivity index (χ3n) is 5.74. The second kappa shape index (κ2) is 9.57. The summed E-state index contributed by atoms with van der Waals surface area (Å²) in [6.45, 7) is 2.07. The molecular weight excluding hydrogens is 446 g/mol. The summed E-state index contributed by atoms with van der Waals surface area (Å²) in [7, 11) is 3.25. The first-order chi connectivity index (χ1) is 16.6. The molecule has 0 unspecified atom stereocenters. The molecule has 1 atom stereocenters. The average Bonchev–Trinajstić information content (AvgIpc) is 3.36. The largest absolute Gasteiger partial charge is 0.493 e. The Hall–Kier alpha value is -3.84. The van der Waals surface area contributed by atoms with Crippen LogP contribution in [0.25, 0.3) is 11.3 Å². The minimum atomic E-state index is -0.0874. The number of benzene rings is 3. The highest BCUT2D eigenvalue weighted by molar-refractivity contribution is 7.14. The van der Waals surface area contributed by atoms with Gasteiger partial charge in [-0.15, -0.1) is 11.3 Å². The zero-order valence-corrected chi connectivity index (χ0v) is 20.1. The highest BCUT2D eigenvalue weighted by Crippen LogP contribution is 2.36. The first-order valence-corrected chi connectivity index (χ1v) is 11.9. The Kier molecular flexibility index (Phi) is 6.18. The Bertz CT molecular complexity index is 1330. The lowest BCUT2D eigenvalue weighted by Gasteiger charge is -2.27. The van der Waals surface area contributed by atoms with E-state index in [1.54, 1.807) is 14.2 Å². The van der Waals surface area contributed by atoms with E-state index in [0.717, 1.165) is 39.4 Å². The number of hydrogen-bond donors (Lipinski definition) is 1. The van der Waals surface area contributed by atoms with Crippen molar-refractivity contribution in [3.63, 3.8) is 0 Å². The molecule has 0 saturated heterocycles. The second-order valence-corrected chi connectivity index (χ2v) is 8.86. The number of hydrazone groups is 1. The van der Waals surface area contributed by atoms with Crippen LogP contribution in [0.3, 0.4) is 0 Å². The normalized spacial score (nSPS) is 16.0. The third kappa shape index (κ3) is 4.47. The van der Waals surface area contributed by atoms with Crippen LogP contribution in [-0.4, -0.2) is 24.9 Å². The minimum absolute atomic E-state index is 0.0874. The van der Waals surface area contributed by atoms with Crippen LogP contribution in [0.1, 0.15) is 29.2 Å². The molecule has 1 aromatic heterocycles. The van der Waals surface area contributed by atoms with Gasteiger partial charge in [-0.2, -0.15) is 5.10 Å². The van der Waals surface area contributed by atoms with E-state index in [4.69, 9.17) is 24.3 Å². The van der Waals surface area contributed by atoms with Crippen LogP contribution in [0.15, 0.2) is 77.2 Å². The van der Waals surface area contributed by atoms with Crippen molar-refractivity contribution in [3.8, 4) is 28.5 Å². The van der Waals surface area contributed by atoms with Crippen molar-refractivity contribution in [1.82, 2.24) is 4.98 Å². The number of methoxy groups -OCH3 is 2. The molecule has 0 fully saturated rings. The Morgan fingerprint density at radius 3 is 2.62 bits per heavy atom. The van der Waals surface area contributed by atoms with Gasteiger partial charge in [-0.05, 0) is 42.8 Å². The summed E-state index contributed by atoms with van der Waals surface area (Å²) in [5.41, 5.74) is 9.22. The van der Waals surface area contributed by atoms with Crippen molar-refractivity contribution in [1.29, 1.82) is 0 Å². The summed E-state index contributed by atoms with van der Waals surface area (Å²) in [5.74, 6) is 2.20. The molecule has 2 heterocycles. The Morgan fingerprint density at radius 2 is 1.82 bits per heavy atom. The Balaban J connectivity index is 1.41. The van der Waals surface area contributed by atoms with Crippen molar-refractivity contribution < 1.29 is 14.2 Å². The molecule has 0 saturated carbocycles. The number of nitrogens with zero attached hydrogens (tertiary/aromatic N) is 2. The van der Waals surface area contributed by atoms with E-state index in [2.05, 4.69) is 36.6 Å². The van der Waals surface area contributed by atoms with Gasteiger partial charge in [-0.25, -0.2) is 4.98 Å².